The van der Waals surface area contributed by atoms with Crippen molar-refractivity contribution in [1.82, 2.24) is 0 Å². The SMILES string of the molecule is CC1(C)c2ccccc2N(c2cc(I)c3c(c2)[Si](c2ccccc2)(c2ccccc2)c2ccccc2O3)c2ccccc21. The molecule has 0 saturated heterocycles. The van der Waals surface area contributed by atoms with E-state index < -0.39 is 8.07 Å². The van der Waals surface area contributed by atoms with Gasteiger partial charge in [0.05, 0.1) is 14.9 Å². The lowest BCUT2D eigenvalue weighted by molar-refractivity contribution is 0.483. The molecule has 0 bridgehead atoms. The van der Waals surface area contributed by atoms with Gasteiger partial charge in [-0.15, -0.1) is 0 Å². The standard InChI is InChI=1S/C39H30INOSi/c1-39(2)30-19-9-11-21-33(30)41(34-22-12-10-20-31(34)39)27-25-32(40)38-37(26-27)43(28-15-5-3-6-16-28,29-17-7-4-8-18-29)36-24-14-13-23-35(36)42-38/h3-26H,1-2H3. The highest BCUT2D eigenvalue weighted by atomic mass is 127. The minimum absolute atomic E-state index is 0.111. The molecular weight excluding hydrogens is 653 g/mol. The number of benzene rings is 6. The molecule has 0 spiro atoms. The van der Waals surface area contributed by atoms with Crippen molar-refractivity contribution in [3.63, 3.8) is 0 Å². The Kier molecular flexibility index (Phi) is 6.14. The smallest absolute Gasteiger partial charge is 0.188 e. The first-order valence-corrected chi connectivity index (χ1v) is 17.8. The molecular formula is C39H30INOSi. The van der Waals surface area contributed by atoms with Crippen LogP contribution in [-0.2, 0) is 5.41 Å². The summed E-state index contributed by atoms with van der Waals surface area (Å²) in [5.74, 6) is 1.93. The Balaban J connectivity index is 1.48. The molecule has 6 aromatic carbocycles. The lowest BCUT2D eigenvalue weighted by Crippen LogP contribution is -2.76. The molecule has 0 N–H and O–H groups in total. The van der Waals surface area contributed by atoms with E-state index in [1.165, 1.54) is 43.2 Å². The van der Waals surface area contributed by atoms with Crippen LogP contribution >= 0.6 is 22.6 Å². The number of rotatable bonds is 3. The quantitative estimate of drug-likeness (QED) is 0.139. The Morgan fingerprint density at radius 2 is 1.09 bits per heavy atom. The summed E-state index contributed by atoms with van der Waals surface area (Å²) in [5.41, 5.74) is 6.16. The van der Waals surface area contributed by atoms with Gasteiger partial charge in [0.15, 0.2) is 8.07 Å². The van der Waals surface area contributed by atoms with E-state index >= 15 is 0 Å². The van der Waals surface area contributed by atoms with Crippen LogP contribution in [0.4, 0.5) is 17.1 Å². The molecule has 0 fully saturated rings. The fourth-order valence-corrected chi connectivity index (χ4v) is 13.3. The zero-order chi connectivity index (χ0) is 29.2. The number of nitrogens with zero attached hydrogens (tertiary/aromatic N) is 1. The van der Waals surface area contributed by atoms with Crippen LogP contribution in [0.1, 0.15) is 25.0 Å². The third-order valence-corrected chi connectivity index (χ3v) is 14.8. The maximum absolute atomic E-state index is 6.83. The van der Waals surface area contributed by atoms with E-state index in [0.29, 0.717) is 0 Å². The lowest BCUT2D eigenvalue weighted by atomic mass is 9.73. The van der Waals surface area contributed by atoms with Gasteiger partial charge in [-0.2, -0.15) is 0 Å². The highest BCUT2D eigenvalue weighted by molar-refractivity contribution is 14.1. The molecule has 0 unspecified atom stereocenters. The Morgan fingerprint density at radius 1 is 0.581 bits per heavy atom. The Bertz CT molecular complexity index is 1920. The Morgan fingerprint density at radius 3 is 1.70 bits per heavy atom. The maximum Gasteiger partial charge on any atom is 0.188 e. The third-order valence-electron chi connectivity index (χ3n) is 9.24. The number of halogens is 1. The minimum atomic E-state index is -2.77. The van der Waals surface area contributed by atoms with E-state index in [2.05, 4.69) is 187 Å². The summed E-state index contributed by atoms with van der Waals surface area (Å²) >= 11 is 2.50. The summed E-state index contributed by atoms with van der Waals surface area (Å²) in [6, 6.07) is 53.4. The maximum atomic E-state index is 6.83. The van der Waals surface area contributed by atoms with Crippen LogP contribution in [0.5, 0.6) is 11.5 Å². The zero-order valence-corrected chi connectivity index (χ0v) is 27.2. The zero-order valence-electron chi connectivity index (χ0n) is 24.1. The Labute approximate surface area is 267 Å². The summed E-state index contributed by atoms with van der Waals surface area (Å²) in [4.78, 5) is 2.47. The highest BCUT2D eigenvalue weighted by Gasteiger charge is 2.49. The van der Waals surface area contributed by atoms with Gasteiger partial charge in [-0.25, -0.2) is 0 Å². The summed E-state index contributed by atoms with van der Waals surface area (Å²) in [7, 11) is -2.77. The van der Waals surface area contributed by atoms with Crippen molar-refractivity contribution in [2.24, 2.45) is 0 Å². The highest BCUT2D eigenvalue weighted by Crippen LogP contribution is 2.52. The normalized spacial score (nSPS) is 15.4. The van der Waals surface area contributed by atoms with Crippen molar-refractivity contribution < 1.29 is 4.74 Å². The van der Waals surface area contributed by atoms with Crippen LogP contribution in [0.2, 0.25) is 0 Å². The van der Waals surface area contributed by atoms with Crippen molar-refractivity contribution >= 4 is 68.5 Å². The number of anilines is 3. The number of para-hydroxylation sites is 3. The molecule has 0 aromatic heterocycles. The summed E-state index contributed by atoms with van der Waals surface area (Å²) in [6.45, 7) is 4.68. The topological polar surface area (TPSA) is 12.5 Å². The van der Waals surface area contributed by atoms with E-state index in [1.54, 1.807) is 0 Å². The van der Waals surface area contributed by atoms with E-state index in [4.69, 9.17) is 4.74 Å². The van der Waals surface area contributed by atoms with Crippen LogP contribution < -0.4 is 30.4 Å². The number of hydrogen-bond donors (Lipinski definition) is 0. The van der Waals surface area contributed by atoms with Crippen molar-refractivity contribution in [2.75, 3.05) is 4.90 Å². The summed E-state index contributed by atoms with van der Waals surface area (Å²) in [5, 5.41) is 5.28. The molecule has 2 aliphatic rings. The van der Waals surface area contributed by atoms with Gasteiger partial charge in [0.1, 0.15) is 11.5 Å². The predicted octanol–water partition coefficient (Wildman–Crippen LogP) is 7.88. The average Bonchev–Trinajstić information content (AvgIpc) is 3.05. The van der Waals surface area contributed by atoms with Crippen LogP contribution in [0, 0.1) is 3.57 Å². The van der Waals surface area contributed by atoms with Crippen molar-refractivity contribution in [1.29, 1.82) is 0 Å². The van der Waals surface area contributed by atoms with Gasteiger partial charge in [0, 0.05) is 16.3 Å². The van der Waals surface area contributed by atoms with Crippen molar-refractivity contribution in [3.05, 3.63) is 160 Å². The van der Waals surface area contributed by atoms with Gasteiger partial charge < -0.3 is 9.64 Å². The van der Waals surface area contributed by atoms with Crippen LogP contribution in [-0.4, -0.2) is 8.07 Å². The fraction of sp³-hybridized carbons (Fsp3) is 0.0769. The molecule has 0 radical (unpaired) electrons. The van der Waals surface area contributed by atoms with Gasteiger partial charge in [-0.1, -0.05) is 129 Å². The Hall–Kier alpha value is -4.13. The van der Waals surface area contributed by atoms with Gasteiger partial charge in [0.25, 0.3) is 0 Å². The third kappa shape index (κ3) is 3.82. The van der Waals surface area contributed by atoms with Gasteiger partial charge >= 0.3 is 0 Å². The summed E-state index contributed by atoms with van der Waals surface area (Å²) < 4.78 is 7.94. The largest absolute Gasteiger partial charge is 0.456 e. The van der Waals surface area contributed by atoms with E-state index in [9.17, 15) is 0 Å². The first kappa shape index (κ1) is 26.5. The van der Waals surface area contributed by atoms with Gasteiger partial charge in [-0.3, -0.25) is 0 Å². The first-order valence-electron chi connectivity index (χ1n) is 14.7. The molecule has 0 aliphatic carbocycles. The second-order valence-electron chi connectivity index (χ2n) is 11.9. The lowest BCUT2D eigenvalue weighted by Gasteiger charge is -2.43. The van der Waals surface area contributed by atoms with Crippen molar-refractivity contribution in [3.8, 4) is 11.5 Å². The van der Waals surface area contributed by atoms with Crippen LogP contribution in [0.25, 0.3) is 0 Å². The fourth-order valence-electron chi connectivity index (χ4n) is 7.32. The monoisotopic (exact) mass is 683 g/mol. The molecule has 4 heteroatoms. The molecule has 6 aromatic rings. The van der Waals surface area contributed by atoms with Gasteiger partial charge in [0.2, 0.25) is 0 Å². The van der Waals surface area contributed by atoms with Crippen LogP contribution in [0.15, 0.2) is 146 Å². The molecule has 8 rings (SSSR count). The predicted molar refractivity (Wildman–Crippen MR) is 190 cm³/mol. The van der Waals surface area contributed by atoms with Crippen molar-refractivity contribution in [2.45, 2.75) is 19.3 Å². The minimum Gasteiger partial charge on any atom is -0.456 e. The van der Waals surface area contributed by atoms with E-state index in [0.717, 1.165) is 20.8 Å². The summed E-state index contributed by atoms with van der Waals surface area (Å²) in [6.07, 6.45) is 0. The molecule has 0 amide bonds. The molecule has 2 aliphatic heterocycles. The average molecular weight is 684 g/mol. The molecule has 2 nitrogen and oxygen atoms in total. The van der Waals surface area contributed by atoms with E-state index in [-0.39, 0.29) is 5.41 Å². The molecule has 0 saturated carbocycles. The van der Waals surface area contributed by atoms with Crippen LogP contribution in [0.3, 0.4) is 0 Å². The molecule has 208 valence electrons. The number of hydrogen-bond acceptors (Lipinski definition) is 2. The second-order valence-corrected chi connectivity index (χ2v) is 16.8. The molecule has 0 atom stereocenters. The first-order chi connectivity index (χ1) is 21.0. The van der Waals surface area contributed by atoms with Gasteiger partial charge in [-0.05, 0) is 79.6 Å². The number of fused-ring (bicyclic) bond motifs is 4. The van der Waals surface area contributed by atoms with E-state index in [1.807, 2.05) is 0 Å². The second kappa shape index (κ2) is 9.96. The molecule has 2 heterocycles. The number of ether oxygens (including phenoxy) is 1. The molecule has 43 heavy (non-hydrogen) atoms.